The summed E-state index contributed by atoms with van der Waals surface area (Å²) in [6, 6.07) is -0.137. The summed E-state index contributed by atoms with van der Waals surface area (Å²) in [5.74, 6) is 0.178. The lowest BCUT2D eigenvalue weighted by molar-refractivity contribution is -0.128. The lowest BCUT2D eigenvalue weighted by Crippen LogP contribution is -2.60. The number of morpholine rings is 1. The summed E-state index contributed by atoms with van der Waals surface area (Å²) in [7, 11) is 0. The molecule has 5 heteroatoms. The Morgan fingerprint density at radius 1 is 1.18 bits per heavy atom. The van der Waals surface area contributed by atoms with Crippen molar-refractivity contribution in [2.45, 2.75) is 65.1 Å². The molecule has 2 unspecified atom stereocenters. The predicted molar refractivity (Wildman–Crippen MR) is 83.6 cm³/mol. The number of Topliss-reactive ketones (excluding diaryl/α,β-unsaturated/α-hetero) is 1. The molecule has 5 nitrogen and oxygen atoms in total. The summed E-state index contributed by atoms with van der Waals surface area (Å²) in [6.45, 7) is 10.3. The number of nitrogens with zero attached hydrogens (tertiary/aromatic N) is 1. The number of piperidine rings is 1. The molecule has 0 spiro atoms. The van der Waals surface area contributed by atoms with Crippen LogP contribution in [0.15, 0.2) is 11.6 Å². The van der Waals surface area contributed by atoms with Crippen molar-refractivity contribution >= 4 is 11.9 Å². The smallest absolute Gasteiger partial charge is 0.410 e. The van der Waals surface area contributed by atoms with E-state index >= 15 is 0 Å². The van der Waals surface area contributed by atoms with Crippen molar-refractivity contribution in [2.24, 2.45) is 5.92 Å². The highest BCUT2D eigenvalue weighted by Crippen LogP contribution is 2.34. The van der Waals surface area contributed by atoms with E-state index in [1.807, 2.05) is 40.7 Å². The van der Waals surface area contributed by atoms with Crippen molar-refractivity contribution in [1.29, 1.82) is 0 Å². The van der Waals surface area contributed by atoms with Gasteiger partial charge in [-0.05, 0) is 53.0 Å². The van der Waals surface area contributed by atoms with Crippen LogP contribution in [0.5, 0.6) is 0 Å². The second-order valence-electron chi connectivity index (χ2n) is 7.24. The number of allylic oxidation sites excluding steroid dienone is 2. The van der Waals surface area contributed by atoms with Crippen LogP contribution < -0.4 is 0 Å². The average Bonchev–Trinajstić information content (AvgIpc) is 2.42. The predicted octanol–water partition coefficient (Wildman–Crippen LogP) is 2.94. The Balaban J connectivity index is 2.11. The number of hydrogen-bond donors (Lipinski definition) is 0. The van der Waals surface area contributed by atoms with Gasteiger partial charge in [0.15, 0.2) is 5.78 Å². The third-order valence-electron chi connectivity index (χ3n) is 4.32. The van der Waals surface area contributed by atoms with Crippen molar-refractivity contribution in [1.82, 2.24) is 4.90 Å². The van der Waals surface area contributed by atoms with Crippen molar-refractivity contribution < 1.29 is 19.1 Å². The van der Waals surface area contributed by atoms with E-state index in [1.165, 1.54) is 0 Å². The first-order valence-corrected chi connectivity index (χ1v) is 7.99. The summed E-state index contributed by atoms with van der Waals surface area (Å²) in [4.78, 5) is 26.7. The van der Waals surface area contributed by atoms with Crippen LogP contribution in [-0.2, 0) is 14.3 Å². The SMILES string of the molecule is CC=C(C)C(=O)C1CC2COCC(C1)N2C(=O)OC(C)(C)C. The van der Waals surface area contributed by atoms with E-state index in [0.29, 0.717) is 26.1 Å². The van der Waals surface area contributed by atoms with Crippen molar-refractivity contribution in [2.75, 3.05) is 13.2 Å². The molecule has 2 saturated heterocycles. The normalized spacial score (nSPS) is 29.2. The molecule has 2 fully saturated rings. The molecule has 2 aliphatic heterocycles. The molecular formula is C17H27NO4. The quantitative estimate of drug-likeness (QED) is 0.736. The van der Waals surface area contributed by atoms with Crippen LogP contribution in [0.3, 0.4) is 0 Å². The summed E-state index contributed by atoms with van der Waals surface area (Å²) in [5, 5.41) is 0. The van der Waals surface area contributed by atoms with E-state index in [0.717, 1.165) is 5.57 Å². The number of ether oxygens (including phenoxy) is 2. The van der Waals surface area contributed by atoms with Gasteiger partial charge in [0.2, 0.25) is 0 Å². The third kappa shape index (κ3) is 3.69. The number of rotatable bonds is 2. The first kappa shape index (κ1) is 17.0. The molecular weight excluding hydrogens is 282 g/mol. The van der Waals surface area contributed by atoms with E-state index in [1.54, 1.807) is 4.90 Å². The fourth-order valence-corrected chi connectivity index (χ4v) is 3.21. The molecule has 0 radical (unpaired) electrons. The Morgan fingerprint density at radius 3 is 2.18 bits per heavy atom. The van der Waals surface area contributed by atoms with Crippen molar-refractivity contribution in [3.8, 4) is 0 Å². The Hall–Kier alpha value is -1.36. The van der Waals surface area contributed by atoms with Crippen LogP contribution in [-0.4, -0.2) is 47.7 Å². The van der Waals surface area contributed by atoms with Gasteiger partial charge in [0, 0.05) is 5.92 Å². The zero-order chi connectivity index (χ0) is 16.5. The van der Waals surface area contributed by atoms with Crippen LogP contribution in [0.25, 0.3) is 0 Å². The van der Waals surface area contributed by atoms with Crippen LogP contribution in [0.4, 0.5) is 4.79 Å². The Bertz CT molecular complexity index is 464. The fraction of sp³-hybridized carbons (Fsp3) is 0.765. The molecule has 0 aromatic carbocycles. The van der Waals surface area contributed by atoms with E-state index in [9.17, 15) is 9.59 Å². The number of carbonyl (C=O) groups excluding carboxylic acids is 2. The van der Waals surface area contributed by atoms with Crippen molar-refractivity contribution in [3.63, 3.8) is 0 Å². The van der Waals surface area contributed by atoms with Gasteiger partial charge in [-0.15, -0.1) is 0 Å². The molecule has 0 saturated carbocycles. The second-order valence-corrected chi connectivity index (χ2v) is 7.24. The van der Waals surface area contributed by atoms with Gasteiger partial charge in [0.25, 0.3) is 0 Å². The van der Waals surface area contributed by atoms with E-state index < -0.39 is 5.60 Å². The minimum Gasteiger partial charge on any atom is -0.444 e. The number of amides is 1. The van der Waals surface area contributed by atoms with Crippen LogP contribution in [0, 0.1) is 5.92 Å². The first-order chi connectivity index (χ1) is 10.2. The van der Waals surface area contributed by atoms with Gasteiger partial charge in [-0.1, -0.05) is 6.08 Å². The maximum atomic E-state index is 12.4. The molecule has 1 amide bonds. The van der Waals surface area contributed by atoms with Crippen LogP contribution in [0.1, 0.15) is 47.5 Å². The van der Waals surface area contributed by atoms with Crippen LogP contribution >= 0.6 is 0 Å². The van der Waals surface area contributed by atoms with Gasteiger partial charge in [-0.3, -0.25) is 9.69 Å². The van der Waals surface area contributed by atoms with Gasteiger partial charge < -0.3 is 9.47 Å². The summed E-state index contributed by atoms with van der Waals surface area (Å²) < 4.78 is 11.1. The highest BCUT2D eigenvalue weighted by molar-refractivity contribution is 5.96. The fourth-order valence-electron chi connectivity index (χ4n) is 3.21. The van der Waals surface area contributed by atoms with Gasteiger partial charge in [0.1, 0.15) is 5.60 Å². The molecule has 0 N–H and O–H groups in total. The molecule has 2 rings (SSSR count). The molecule has 124 valence electrons. The zero-order valence-corrected chi connectivity index (χ0v) is 14.2. The summed E-state index contributed by atoms with van der Waals surface area (Å²) >= 11 is 0. The molecule has 2 aliphatic rings. The second kappa shape index (κ2) is 6.41. The average molecular weight is 309 g/mol. The molecule has 0 aromatic rings. The Morgan fingerprint density at radius 2 is 1.73 bits per heavy atom. The lowest BCUT2D eigenvalue weighted by Gasteiger charge is -2.47. The summed E-state index contributed by atoms with van der Waals surface area (Å²) in [5.41, 5.74) is 0.287. The van der Waals surface area contributed by atoms with Gasteiger partial charge >= 0.3 is 6.09 Å². The maximum Gasteiger partial charge on any atom is 0.410 e. The topological polar surface area (TPSA) is 55.8 Å². The van der Waals surface area contributed by atoms with E-state index in [2.05, 4.69) is 0 Å². The minimum absolute atomic E-state index is 0.0196. The Labute approximate surface area is 132 Å². The minimum atomic E-state index is -0.513. The molecule has 22 heavy (non-hydrogen) atoms. The monoisotopic (exact) mass is 309 g/mol. The van der Waals surface area contributed by atoms with E-state index in [4.69, 9.17) is 9.47 Å². The molecule has 0 aromatic heterocycles. The summed E-state index contributed by atoms with van der Waals surface area (Å²) in [6.07, 6.45) is 2.87. The van der Waals surface area contributed by atoms with Gasteiger partial charge in [-0.2, -0.15) is 0 Å². The first-order valence-electron chi connectivity index (χ1n) is 7.99. The van der Waals surface area contributed by atoms with Gasteiger partial charge in [-0.25, -0.2) is 4.79 Å². The molecule has 2 bridgehead atoms. The molecule has 0 aliphatic carbocycles. The highest BCUT2D eigenvalue weighted by atomic mass is 16.6. The number of hydrogen-bond acceptors (Lipinski definition) is 4. The van der Waals surface area contributed by atoms with Crippen LogP contribution in [0.2, 0.25) is 0 Å². The number of carbonyl (C=O) groups is 2. The maximum absolute atomic E-state index is 12.4. The zero-order valence-electron chi connectivity index (χ0n) is 14.2. The van der Waals surface area contributed by atoms with E-state index in [-0.39, 0.29) is 29.9 Å². The highest BCUT2D eigenvalue weighted by Gasteiger charge is 2.45. The van der Waals surface area contributed by atoms with Gasteiger partial charge in [0.05, 0.1) is 25.3 Å². The largest absolute Gasteiger partial charge is 0.444 e. The molecule has 2 atom stereocenters. The lowest BCUT2D eigenvalue weighted by atomic mass is 9.81. The number of ketones is 1. The van der Waals surface area contributed by atoms with Crippen molar-refractivity contribution in [3.05, 3.63) is 11.6 Å². The number of fused-ring (bicyclic) bond motifs is 2. The third-order valence-corrected chi connectivity index (χ3v) is 4.32. The standard InChI is InChI=1S/C17H27NO4/c1-6-11(2)15(19)12-7-13-9-21-10-14(8-12)18(13)16(20)22-17(3,4)5/h6,12-14H,7-10H2,1-5H3. The molecule has 2 heterocycles. The Kier molecular flexibility index (Phi) is 4.95.